The van der Waals surface area contributed by atoms with E-state index in [-0.39, 0.29) is 88.6 Å². The fraction of sp³-hybridized carbons (Fsp3) is 0.438. The van der Waals surface area contributed by atoms with Crippen LogP contribution in [0, 0.1) is 0 Å². The van der Waals surface area contributed by atoms with Crippen LogP contribution in [0.3, 0.4) is 0 Å². The molecule has 2 N–H and O–H groups in total. The van der Waals surface area contributed by atoms with Crippen molar-refractivity contribution in [1.82, 2.24) is 19.7 Å². The second kappa shape index (κ2) is 10.1. The third kappa shape index (κ3) is 5.75. The van der Waals surface area contributed by atoms with Gasteiger partial charge in [-0.3, -0.25) is 9.58 Å². The van der Waals surface area contributed by atoms with E-state index in [2.05, 4.69) is 15.0 Å². The fourth-order valence-electron chi connectivity index (χ4n) is 3.37. The van der Waals surface area contributed by atoms with Crippen molar-refractivity contribution in [2.45, 2.75) is 25.4 Å². The van der Waals surface area contributed by atoms with Gasteiger partial charge >= 0.3 is 65.9 Å². The summed E-state index contributed by atoms with van der Waals surface area (Å²) in [7, 11) is 0. The molecule has 1 fully saturated rings. The van der Waals surface area contributed by atoms with Crippen LogP contribution in [-0.4, -0.2) is 68.2 Å². The first-order valence-corrected chi connectivity index (χ1v) is 8.79. The average Bonchev–Trinajstić information content (AvgIpc) is 3.08. The van der Waals surface area contributed by atoms with Crippen LogP contribution < -0.4 is 73.6 Å². The van der Waals surface area contributed by atoms with E-state index in [9.17, 15) is 19.9 Å². The molecule has 0 bridgehead atoms. The maximum absolute atomic E-state index is 11.6. The van der Waals surface area contributed by atoms with Crippen LogP contribution in [0.15, 0.2) is 24.8 Å². The van der Waals surface area contributed by atoms with Crippen molar-refractivity contribution in [1.29, 1.82) is 0 Å². The summed E-state index contributed by atoms with van der Waals surface area (Å²) < 4.78 is 12.7. The summed E-state index contributed by atoms with van der Waals surface area (Å²) in [6.45, 7) is -0.288. The van der Waals surface area contributed by atoms with Crippen LogP contribution in [0.5, 0.6) is 11.5 Å². The molecule has 0 spiro atoms. The molecule has 2 aromatic rings. The van der Waals surface area contributed by atoms with Crippen LogP contribution in [0.25, 0.3) is 0 Å². The number of nitrogens with zero attached hydrogens (tertiary/aromatic N) is 4. The van der Waals surface area contributed by atoms with E-state index < -0.39 is 12.7 Å². The Bertz CT molecular complexity index is 848. The normalized spacial score (nSPS) is 17.7. The number of carboxylic acid groups (broad SMARTS) is 1. The van der Waals surface area contributed by atoms with Gasteiger partial charge in [-0.1, -0.05) is 12.4 Å². The molecule has 29 heavy (non-hydrogen) atoms. The zero-order chi connectivity index (χ0) is 19.0. The summed E-state index contributed by atoms with van der Waals surface area (Å²) in [5.74, 6) is -1.44. The summed E-state index contributed by atoms with van der Waals surface area (Å²) in [5, 5.41) is 35.2. The Kier molecular flexibility index (Phi) is 8.60. The molecule has 2 aliphatic heterocycles. The minimum atomic E-state index is -3.07. The van der Waals surface area contributed by atoms with Crippen LogP contribution in [-0.2, 0) is 13.0 Å². The van der Waals surface area contributed by atoms with Crippen molar-refractivity contribution >= 4 is 12.7 Å². The third-order valence-corrected chi connectivity index (χ3v) is 4.83. The van der Waals surface area contributed by atoms with Gasteiger partial charge in [-0.05, 0) is 18.1 Å². The number of hydrogen-bond donors (Lipinski definition) is 2. The molecule has 13 heteroatoms. The van der Waals surface area contributed by atoms with Crippen LogP contribution in [0.4, 0.5) is 0 Å². The van der Waals surface area contributed by atoms with Crippen molar-refractivity contribution < 1.29 is 88.5 Å². The number of aromatic carboxylic acids is 1. The average molecular weight is 420 g/mol. The summed E-state index contributed by atoms with van der Waals surface area (Å²) in [6, 6.07) is 3.25. The third-order valence-electron chi connectivity index (χ3n) is 4.83. The molecule has 10 nitrogen and oxygen atoms in total. The van der Waals surface area contributed by atoms with Gasteiger partial charge in [0.1, 0.15) is 24.5 Å². The van der Waals surface area contributed by atoms with E-state index in [1.165, 1.54) is 6.33 Å². The minimum Gasteiger partial charge on any atom is -0.669 e. The molecule has 2 aliphatic rings. The second-order valence-electron chi connectivity index (χ2n) is 6.89. The Morgan fingerprint density at radius 3 is 2.72 bits per heavy atom. The van der Waals surface area contributed by atoms with Gasteiger partial charge in [0.2, 0.25) is 0 Å². The number of hydrogen-bond acceptors (Lipinski definition) is 9. The van der Waals surface area contributed by atoms with Gasteiger partial charge in [0, 0.05) is 19.6 Å². The molecule has 1 aromatic carbocycles. The van der Waals surface area contributed by atoms with E-state index >= 15 is 0 Å². The molecular formula is C16H19BN4Na2O6. The van der Waals surface area contributed by atoms with Crippen LogP contribution >= 0.6 is 0 Å². The fourth-order valence-corrected chi connectivity index (χ4v) is 3.37. The Hall–Kier alpha value is -0.625. The number of aryl methyl sites for hydroxylation is 1. The molecule has 1 saturated heterocycles. The van der Waals surface area contributed by atoms with E-state index in [0.717, 1.165) is 6.54 Å². The summed E-state index contributed by atoms with van der Waals surface area (Å²) in [6.07, 6.45) is 3.29. The number of aromatic nitrogens is 3. The molecule has 0 aliphatic carbocycles. The maximum atomic E-state index is 11.6. The molecule has 3 heterocycles. The summed E-state index contributed by atoms with van der Waals surface area (Å²) in [4.78, 5) is 17.7. The number of likely N-dealkylation sites (tertiary alicyclic amines) is 1. The zero-order valence-electron chi connectivity index (χ0n) is 16.5. The number of carbonyl (C=O) groups is 1. The van der Waals surface area contributed by atoms with Gasteiger partial charge in [-0.2, -0.15) is 5.10 Å². The van der Waals surface area contributed by atoms with Gasteiger partial charge < -0.3 is 29.3 Å². The van der Waals surface area contributed by atoms with Gasteiger partial charge in [0.25, 0.3) is 0 Å². The first-order valence-electron chi connectivity index (χ1n) is 8.79. The summed E-state index contributed by atoms with van der Waals surface area (Å²) in [5.41, 5.74) is 0.313. The predicted molar refractivity (Wildman–Crippen MR) is 91.0 cm³/mol. The predicted octanol–water partition coefficient (Wildman–Crippen LogP) is -7.73. The number of rotatable bonds is 6. The van der Waals surface area contributed by atoms with Crippen molar-refractivity contribution in [3.05, 3.63) is 35.9 Å². The van der Waals surface area contributed by atoms with Crippen molar-refractivity contribution in [3.8, 4) is 11.5 Å². The number of carboxylic acids is 1. The molecule has 144 valence electrons. The minimum absolute atomic E-state index is 0. The SMILES string of the molecule is O=C([O-])c1c(OC2CN(CCn3cncn3)C2)ccc2c1O[B-](O)(O)CC2.[Na+].[Na+]. The molecule has 1 aromatic heterocycles. The molecule has 0 atom stereocenters. The van der Waals surface area contributed by atoms with Gasteiger partial charge in [-0.25, -0.2) is 4.98 Å². The number of benzene rings is 1. The maximum Gasteiger partial charge on any atom is 1.00 e. The number of carbonyl (C=O) groups excluding carboxylic acids is 1. The quantitative estimate of drug-likeness (QED) is 0.438. The standard InChI is InChI=1S/C16H20BN4O6.2Na/c22-16(23)14-13(2-1-11-3-4-17(24,25)27-15(11)14)26-12-7-20(8-12)5-6-21-10-18-9-19-21;;/h1-2,9-10,12,24-25H,3-8H2,(H,22,23);;/q-1;2*+1/p-1. The number of fused-ring (bicyclic) bond motifs is 1. The zero-order valence-corrected chi connectivity index (χ0v) is 20.5. The molecule has 0 radical (unpaired) electrons. The topological polar surface area (TPSA) is 133 Å². The molecule has 0 unspecified atom stereocenters. The van der Waals surface area contributed by atoms with E-state index in [0.29, 0.717) is 31.6 Å². The molecule has 0 saturated carbocycles. The summed E-state index contributed by atoms with van der Waals surface area (Å²) >= 11 is 0. The monoisotopic (exact) mass is 420 g/mol. The van der Waals surface area contributed by atoms with Crippen LogP contribution in [0.2, 0.25) is 6.32 Å². The Labute approximate surface area is 211 Å². The van der Waals surface area contributed by atoms with Gasteiger partial charge in [0.05, 0.1) is 23.8 Å². The van der Waals surface area contributed by atoms with Crippen molar-refractivity contribution in [2.24, 2.45) is 0 Å². The van der Waals surface area contributed by atoms with Crippen molar-refractivity contribution in [2.75, 3.05) is 19.6 Å². The Morgan fingerprint density at radius 2 is 2.07 bits per heavy atom. The van der Waals surface area contributed by atoms with Crippen LogP contribution in [0.1, 0.15) is 15.9 Å². The molecular weight excluding hydrogens is 401 g/mol. The van der Waals surface area contributed by atoms with Crippen molar-refractivity contribution in [3.63, 3.8) is 0 Å². The molecule has 4 rings (SSSR count). The van der Waals surface area contributed by atoms with E-state index in [4.69, 9.17) is 9.39 Å². The van der Waals surface area contributed by atoms with Gasteiger partial charge in [-0.15, -0.1) is 0 Å². The first kappa shape index (κ1) is 24.6. The molecule has 0 amide bonds. The largest absolute Gasteiger partial charge is 1.00 e. The Balaban J connectivity index is 0.00000150. The second-order valence-corrected chi connectivity index (χ2v) is 6.89. The smallest absolute Gasteiger partial charge is 0.669 e. The number of ether oxygens (including phenoxy) is 1. The first-order chi connectivity index (χ1) is 12.9. The Morgan fingerprint density at radius 1 is 1.31 bits per heavy atom. The van der Waals surface area contributed by atoms with Gasteiger partial charge in [0.15, 0.2) is 0 Å². The van der Waals surface area contributed by atoms with E-state index in [1.807, 2.05) is 0 Å². The van der Waals surface area contributed by atoms with E-state index in [1.54, 1.807) is 23.1 Å².